The van der Waals surface area contributed by atoms with E-state index in [2.05, 4.69) is 20.6 Å². The second-order valence-electron chi connectivity index (χ2n) is 6.06. The first-order valence-corrected chi connectivity index (χ1v) is 9.56. The van der Waals surface area contributed by atoms with Gasteiger partial charge in [0, 0.05) is 18.3 Å². The average molecular weight is 514 g/mol. The normalized spacial score (nSPS) is 11.8. The van der Waals surface area contributed by atoms with Crippen LogP contribution in [-0.2, 0) is 6.54 Å². The molecular weight excluding hydrogens is 483 g/mol. The number of guanidine groups is 1. The molecule has 29 heavy (non-hydrogen) atoms. The van der Waals surface area contributed by atoms with E-state index in [0.717, 1.165) is 23.6 Å². The predicted octanol–water partition coefficient (Wildman–Crippen LogP) is 3.63. The third-order valence-electron chi connectivity index (χ3n) is 3.84. The van der Waals surface area contributed by atoms with Gasteiger partial charge in [-0.05, 0) is 39.0 Å². The molecule has 0 spiro atoms. The highest BCUT2D eigenvalue weighted by atomic mass is 127. The number of aromatic nitrogens is 1. The van der Waals surface area contributed by atoms with Crippen molar-refractivity contribution >= 4 is 29.9 Å². The Morgan fingerprint density at radius 2 is 1.86 bits per heavy atom. The molecule has 2 N–H and O–H groups in total. The summed E-state index contributed by atoms with van der Waals surface area (Å²) in [7, 11) is 1.63. The zero-order valence-corrected chi connectivity index (χ0v) is 19.8. The van der Waals surface area contributed by atoms with Gasteiger partial charge in [-0.2, -0.15) is 0 Å². The summed E-state index contributed by atoms with van der Waals surface area (Å²) in [4.78, 5) is 8.90. The molecule has 1 aromatic heterocycles. The fraction of sp³-hybridized carbons (Fsp3) is 0.429. The molecule has 0 saturated heterocycles. The van der Waals surface area contributed by atoms with E-state index in [0.29, 0.717) is 31.5 Å². The molecule has 0 amide bonds. The van der Waals surface area contributed by atoms with Crippen molar-refractivity contribution in [2.24, 2.45) is 4.99 Å². The van der Waals surface area contributed by atoms with Gasteiger partial charge in [0.05, 0.1) is 26.8 Å². The highest BCUT2D eigenvalue weighted by Gasteiger charge is 2.10. The predicted molar refractivity (Wildman–Crippen MR) is 127 cm³/mol. The van der Waals surface area contributed by atoms with Crippen LogP contribution in [0.3, 0.4) is 0 Å². The van der Waals surface area contributed by atoms with E-state index in [-0.39, 0.29) is 30.1 Å². The molecular formula is C21H31IN4O3. The topological polar surface area (TPSA) is 77.0 Å². The van der Waals surface area contributed by atoms with Crippen molar-refractivity contribution in [3.63, 3.8) is 0 Å². The number of ether oxygens (including phenoxy) is 3. The van der Waals surface area contributed by atoms with Gasteiger partial charge in [0.25, 0.3) is 0 Å². The second kappa shape index (κ2) is 13.9. The standard InChI is InChI=1S/C21H30N4O3.HI/c1-5-22-21(25-15-17-10-9-13-23-20(17)27-6-2)24-14-16(3)28-19-12-8-7-11-18(19)26-4;/h7-13,16H,5-6,14-15H2,1-4H3,(H2,22,24,25);1H. The van der Waals surface area contributed by atoms with Gasteiger partial charge in [0.15, 0.2) is 17.5 Å². The summed E-state index contributed by atoms with van der Waals surface area (Å²) < 4.78 is 16.9. The van der Waals surface area contributed by atoms with Gasteiger partial charge >= 0.3 is 0 Å². The Balaban J connectivity index is 0.00000420. The molecule has 8 heteroatoms. The van der Waals surface area contributed by atoms with Gasteiger partial charge < -0.3 is 24.8 Å². The summed E-state index contributed by atoms with van der Waals surface area (Å²) in [6.45, 7) is 8.37. The lowest BCUT2D eigenvalue weighted by Gasteiger charge is -2.19. The Kier molecular flexibility index (Phi) is 11.9. The molecule has 160 valence electrons. The number of hydrogen-bond acceptors (Lipinski definition) is 5. The Morgan fingerprint density at radius 1 is 1.10 bits per heavy atom. The number of benzene rings is 1. The lowest BCUT2D eigenvalue weighted by molar-refractivity contribution is 0.213. The van der Waals surface area contributed by atoms with Gasteiger partial charge in [0.1, 0.15) is 6.10 Å². The summed E-state index contributed by atoms with van der Waals surface area (Å²) >= 11 is 0. The first-order chi connectivity index (χ1) is 13.7. The van der Waals surface area contributed by atoms with E-state index >= 15 is 0 Å². The van der Waals surface area contributed by atoms with Crippen LogP contribution in [0.1, 0.15) is 26.3 Å². The number of nitrogens with zero attached hydrogens (tertiary/aromatic N) is 2. The average Bonchev–Trinajstić information content (AvgIpc) is 2.71. The molecule has 0 aliphatic carbocycles. The molecule has 0 radical (unpaired) electrons. The first-order valence-electron chi connectivity index (χ1n) is 9.56. The molecule has 2 aromatic rings. The molecule has 1 aromatic carbocycles. The maximum Gasteiger partial charge on any atom is 0.218 e. The largest absolute Gasteiger partial charge is 0.493 e. The van der Waals surface area contributed by atoms with Crippen LogP contribution in [0.25, 0.3) is 0 Å². The fourth-order valence-corrected chi connectivity index (χ4v) is 2.53. The second-order valence-corrected chi connectivity index (χ2v) is 6.06. The number of hydrogen-bond donors (Lipinski definition) is 2. The van der Waals surface area contributed by atoms with Gasteiger partial charge in [0.2, 0.25) is 5.88 Å². The first kappa shape index (κ1) is 24.8. The summed E-state index contributed by atoms with van der Waals surface area (Å²) in [6, 6.07) is 11.5. The van der Waals surface area contributed by atoms with Crippen molar-refractivity contribution in [1.29, 1.82) is 0 Å². The number of methoxy groups -OCH3 is 1. The maximum atomic E-state index is 5.98. The summed E-state index contributed by atoms with van der Waals surface area (Å²) in [6.07, 6.45) is 1.65. The molecule has 0 aliphatic rings. The van der Waals surface area contributed by atoms with Crippen LogP contribution in [0.15, 0.2) is 47.6 Å². The van der Waals surface area contributed by atoms with Crippen molar-refractivity contribution in [3.05, 3.63) is 48.2 Å². The number of nitrogens with one attached hydrogen (secondary N) is 2. The minimum Gasteiger partial charge on any atom is -0.493 e. The number of rotatable bonds is 10. The van der Waals surface area contributed by atoms with Crippen molar-refractivity contribution < 1.29 is 14.2 Å². The Morgan fingerprint density at radius 3 is 2.55 bits per heavy atom. The van der Waals surface area contributed by atoms with Crippen LogP contribution in [0.2, 0.25) is 0 Å². The molecule has 0 saturated carbocycles. The van der Waals surface area contributed by atoms with E-state index in [9.17, 15) is 0 Å². The number of para-hydroxylation sites is 2. The van der Waals surface area contributed by atoms with Gasteiger partial charge in [-0.1, -0.05) is 18.2 Å². The summed E-state index contributed by atoms with van der Waals surface area (Å²) in [5, 5.41) is 6.56. The third-order valence-corrected chi connectivity index (χ3v) is 3.84. The van der Waals surface area contributed by atoms with E-state index in [4.69, 9.17) is 14.2 Å². The molecule has 0 fully saturated rings. The Hall–Kier alpha value is -2.23. The van der Waals surface area contributed by atoms with Crippen LogP contribution in [0, 0.1) is 0 Å². The van der Waals surface area contributed by atoms with Crippen LogP contribution in [-0.4, -0.2) is 43.9 Å². The number of pyridine rings is 1. The number of aliphatic imine (C=N–C) groups is 1. The highest BCUT2D eigenvalue weighted by Crippen LogP contribution is 2.26. The molecule has 1 unspecified atom stereocenters. The monoisotopic (exact) mass is 514 g/mol. The van der Waals surface area contributed by atoms with Gasteiger partial charge in [-0.15, -0.1) is 24.0 Å². The minimum absolute atomic E-state index is 0. The highest BCUT2D eigenvalue weighted by molar-refractivity contribution is 14.0. The van der Waals surface area contributed by atoms with Crippen molar-refractivity contribution in [2.75, 3.05) is 26.8 Å². The minimum atomic E-state index is -0.0717. The Labute approximate surface area is 190 Å². The van der Waals surface area contributed by atoms with Gasteiger partial charge in [-0.25, -0.2) is 9.98 Å². The quantitative estimate of drug-likeness (QED) is 0.287. The van der Waals surface area contributed by atoms with Crippen molar-refractivity contribution in [1.82, 2.24) is 15.6 Å². The SMILES string of the molecule is CCNC(=NCc1cccnc1OCC)NCC(C)Oc1ccccc1OC.I. The van der Waals surface area contributed by atoms with E-state index in [1.54, 1.807) is 13.3 Å². The van der Waals surface area contributed by atoms with Crippen molar-refractivity contribution in [3.8, 4) is 17.4 Å². The summed E-state index contributed by atoms with van der Waals surface area (Å²) in [5.74, 6) is 2.77. The molecule has 0 aliphatic heterocycles. The van der Waals surface area contributed by atoms with Gasteiger partial charge in [-0.3, -0.25) is 0 Å². The fourth-order valence-electron chi connectivity index (χ4n) is 2.53. The third kappa shape index (κ3) is 8.35. The molecule has 1 heterocycles. The molecule has 0 bridgehead atoms. The number of halogens is 1. The zero-order valence-electron chi connectivity index (χ0n) is 17.5. The zero-order chi connectivity index (χ0) is 20.2. The smallest absolute Gasteiger partial charge is 0.218 e. The van der Waals surface area contributed by atoms with Crippen LogP contribution in [0.4, 0.5) is 0 Å². The molecule has 1 atom stereocenters. The lowest BCUT2D eigenvalue weighted by Crippen LogP contribution is -2.41. The van der Waals surface area contributed by atoms with Crippen molar-refractivity contribution in [2.45, 2.75) is 33.4 Å². The van der Waals surface area contributed by atoms with Crippen LogP contribution in [0.5, 0.6) is 17.4 Å². The van der Waals surface area contributed by atoms with E-state index < -0.39 is 0 Å². The molecule has 7 nitrogen and oxygen atoms in total. The van der Waals surface area contributed by atoms with E-state index in [1.165, 1.54) is 0 Å². The summed E-state index contributed by atoms with van der Waals surface area (Å²) in [5.41, 5.74) is 0.944. The Bertz CT molecular complexity index is 758. The maximum absolute atomic E-state index is 5.98. The van der Waals surface area contributed by atoms with Crippen LogP contribution < -0.4 is 24.8 Å². The van der Waals surface area contributed by atoms with Crippen LogP contribution >= 0.6 is 24.0 Å². The van der Waals surface area contributed by atoms with E-state index in [1.807, 2.05) is 57.2 Å². The molecule has 2 rings (SSSR count). The lowest BCUT2D eigenvalue weighted by atomic mass is 10.3.